The van der Waals surface area contributed by atoms with Gasteiger partial charge in [-0.25, -0.2) is 4.39 Å². The van der Waals surface area contributed by atoms with E-state index in [2.05, 4.69) is 15.6 Å². The van der Waals surface area contributed by atoms with Crippen molar-refractivity contribution >= 4 is 17.5 Å². The van der Waals surface area contributed by atoms with Crippen molar-refractivity contribution in [3.05, 3.63) is 60.2 Å². The van der Waals surface area contributed by atoms with Crippen LogP contribution in [0.15, 0.2) is 48.8 Å². The largest absolute Gasteiger partial charge is 0.354 e. The summed E-state index contributed by atoms with van der Waals surface area (Å²) in [5.74, 6) is 1.34. The summed E-state index contributed by atoms with van der Waals surface area (Å²) in [5, 5.41) is 6.33. The molecule has 6 unspecified atom stereocenters. The lowest BCUT2D eigenvalue weighted by molar-refractivity contribution is -0.128. The van der Waals surface area contributed by atoms with Gasteiger partial charge in [-0.3, -0.25) is 14.6 Å². The highest BCUT2D eigenvalue weighted by Gasteiger charge is 2.66. The maximum Gasteiger partial charge on any atom is 0.230 e. The molecule has 36 heavy (non-hydrogen) atoms. The fourth-order valence-corrected chi connectivity index (χ4v) is 8.48. The van der Waals surface area contributed by atoms with E-state index in [-0.39, 0.29) is 40.9 Å². The van der Waals surface area contributed by atoms with Crippen LogP contribution in [0.25, 0.3) is 0 Å². The number of nitrogens with zero attached hydrogens (tertiary/aromatic N) is 1. The highest BCUT2D eigenvalue weighted by atomic mass is 19.1. The first-order valence-corrected chi connectivity index (χ1v) is 13.4. The molecular formula is C29H35FN4O2. The molecule has 5 aliphatic rings. The maximum atomic E-state index is 13.5. The summed E-state index contributed by atoms with van der Waals surface area (Å²) in [4.78, 5) is 31.1. The van der Waals surface area contributed by atoms with Crippen LogP contribution in [0.3, 0.4) is 0 Å². The molecule has 4 N–H and O–H groups in total. The Labute approximate surface area is 211 Å². The Morgan fingerprint density at radius 2 is 1.75 bits per heavy atom. The number of benzene rings is 1. The van der Waals surface area contributed by atoms with Crippen molar-refractivity contribution in [2.45, 2.75) is 62.8 Å². The van der Waals surface area contributed by atoms with E-state index in [9.17, 15) is 14.0 Å². The van der Waals surface area contributed by atoms with E-state index in [0.29, 0.717) is 18.4 Å². The van der Waals surface area contributed by atoms with Gasteiger partial charge >= 0.3 is 0 Å². The van der Waals surface area contributed by atoms with Crippen LogP contribution in [-0.4, -0.2) is 29.4 Å². The number of anilines is 1. The minimum atomic E-state index is -0.605. The van der Waals surface area contributed by atoms with Gasteiger partial charge in [0.15, 0.2) is 0 Å². The zero-order chi connectivity index (χ0) is 24.9. The Balaban J connectivity index is 1.15. The van der Waals surface area contributed by atoms with Gasteiger partial charge in [0.25, 0.3) is 0 Å². The van der Waals surface area contributed by atoms with Crippen LogP contribution in [0.5, 0.6) is 0 Å². The lowest BCUT2D eigenvalue weighted by Crippen LogP contribution is -2.51. The van der Waals surface area contributed by atoms with Crippen molar-refractivity contribution in [2.75, 3.05) is 11.9 Å². The summed E-state index contributed by atoms with van der Waals surface area (Å²) in [6.45, 7) is 0.409. The average molecular weight is 491 g/mol. The molecule has 6 nitrogen and oxygen atoms in total. The van der Waals surface area contributed by atoms with Crippen molar-refractivity contribution in [3.63, 3.8) is 0 Å². The molecule has 1 aromatic heterocycles. The van der Waals surface area contributed by atoms with Crippen LogP contribution in [0.1, 0.15) is 56.9 Å². The quantitative estimate of drug-likeness (QED) is 0.543. The second-order valence-corrected chi connectivity index (χ2v) is 11.7. The summed E-state index contributed by atoms with van der Waals surface area (Å²) >= 11 is 0. The highest BCUT2D eigenvalue weighted by Crippen LogP contribution is 2.68. The van der Waals surface area contributed by atoms with Crippen LogP contribution < -0.4 is 16.4 Å². The number of pyridine rings is 1. The van der Waals surface area contributed by atoms with Crippen LogP contribution in [0.4, 0.5) is 10.1 Å². The van der Waals surface area contributed by atoms with E-state index in [1.54, 1.807) is 24.5 Å². The summed E-state index contributed by atoms with van der Waals surface area (Å²) in [6, 6.07) is 9.85. The number of hydrogen-bond donors (Lipinski definition) is 3. The van der Waals surface area contributed by atoms with Gasteiger partial charge in [0, 0.05) is 30.7 Å². The van der Waals surface area contributed by atoms with E-state index in [4.69, 9.17) is 5.73 Å². The molecule has 7 rings (SSSR count). The number of rotatable bonds is 7. The number of nitrogens with two attached hydrogens (primary N) is 1. The van der Waals surface area contributed by atoms with Gasteiger partial charge in [-0.05, 0) is 92.0 Å². The Morgan fingerprint density at radius 3 is 2.47 bits per heavy atom. The fraction of sp³-hybridized carbons (Fsp3) is 0.552. The Hall–Kier alpha value is -2.80. The second-order valence-electron chi connectivity index (χ2n) is 11.7. The van der Waals surface area contributed by atoms with Crippen molar-refractivity contribution in [3.8, 4) is 0 Å². The topological polar surface area (TPSA) is 97.1 Å². The maximum absolute atomic E-state index is 13.5. The molecule has 6 atom stereocenters. The number of nitrogens with one attached hydrogen (secondary N) is 2. The van der Waals surface area contributed by atoms with Crippen molar-refractivity contribution in [2.24, 2.45) is 34.8 Å². The van der Waals surface area contributed by atoms with Crippen molar-refractivity contribution in [1.82, 2.24) is 10.3 Å². The summed E-state index contributed by atoms with van der Waals surface area (Å²) < 4.78 is 13.5. The van der Waals surface area contributed by atoms with Gasteiger partial charge < -0.3 is 16.4 Å². The molecular weight excluding hydrogens is 455 g/mol. The van der Waals surface area contributed by atoms with Crippen molar-refractivity contribution in [1.29, 1.82) is 0 Å². The molecule has 5 saturated carbocycles. The minimum Gasteiger partial charge on any atom is -0.354 e. The van der Waals surface area contributed by atoms with E-state index >= 15 is 0 Å². The second kappa shape index (κ2) is 8.94. The smallest absolute Gasteiger partial charge is 0.230 e. The molecule has 5 fully saturated rings. The van der Waals surface area contributed by atoms with Gasteiger partial charge in [0.05, 0.1) is 10.8 Å². The zero-order valence-electron chi connectivity index (χ0n) is 20.6. The first-order valence-electron chi connectivity index (χ1n) is 13.4. The third kappa shape index (κ3) is 3.74. The molecule has 1 heterocycles. The molecule has 4 bridgehead atoms. The molecule has 0 spiro atoms. The number of aromatic nitrogens is 1. The minimum absolute atomic E-state index is 0.000318. The van der Waals surface area contributed by atoms with Crippen LogP contribution in [0.2, 0.25) is 0 Å². The molecule has 2 aromatic rings. The molecule has 190 valence electrons. The van der Waals surface area contributed by atoms with E-state index in [1.807, 2.05) is 12.1 Å². The summed E-state index contributed by atoms with van der Waals surface area (Å²) in [7, 11) is 0. The van der Waals surface area contributed by atoms with Gasteiger partial charge in [0.2, 0.25) is 11.8 Å². The van der Waals surface area contributed by atoms with Crippen LogP contribution >= 0.6 is 0 Å². The van der Waals surface area contributed by atoms with Gasteiger partial charge in [-0.1, -0.05) is 25.0 Å². The van der Waals surface area contributed by atoms with Gasteiger partial charge in [-0.15, -0.1) is 0 Å². The van der Waals surface area contributed by atoms with Crippen LogP contribution in [0, 0.1) is 34.9 Å². The molecule has 5 aliphatic carbocycles. The number of hydrogen-bond acceptors (Lipinski definition) is 4. The SMILES string of the molecule is NC(CNC(=O)C1(c2ccc(F)cc2)CCCC1)C1C2CC3CC1C(C(=O)Nc1ccncc1)(C3)C2. The molecule has 0 radical (unpaired) electrons. The van der Waals surface area contributed by atoms with E-state index < -0.39 is 5.41 Å². The number of amides is 2. The Kier molecular flexibility index (Phi) is 5.86. The van der Waals surface area contributed by atoms with E-state index in [1.165, 1.54) is 12.1 Å². The third-order valence-corrected chi connectivity index (χ3v) is 9.89. The zero-order valence-corrected chi connectivity index (χ0v) is 20.6. The molecule has 2 amide bonds. The van der Waals surface area contributed by atoms with Crippen molar-refractivity contribution < 1.29 is 14.0 Å². The lowest BCUT2D eigenvalue weighted by atomic mass is 9.72. The Bertz CT molecular complexity index is 1130. The first-order chi connectivity index (χ1) is 17.4. The molecule has 1 aromatic carbocycles. The van der Waals surface area contributed by atoms with Gasteiger partial charge in [-0.2, -0.15) is 0 Å². The molecule has 7 heteroatoms. The summed E-state index contributed by atoms with van der Waals surface area (Å²) in [5.41, 5.74) is 7.51. The highest BCUT2D eigenvalue weighted by molar-refractivity contribution is 5.96. The van der Waals surface area contributed by atoms with E-state index in [0.717, 1.165) is 62.6 Å². The fourth-order valence-electron chi connectivity index (χ4n) is 8.48. The van der Waals surface area contributed by atoms with Crippen LogP contribution in [-0.2, 0) is 15.0 Å². The normalized spacial score (nSPS) is 32.4. The third-order valence-electron chi connectivity index (χ3n) is 9.89. The number of carbonyl (C=O) groups is 2. The number of halogens is 1. The average Bonchev–Trinajstić information content (AvgIpc) is 3.54. The van der Waals surface area contributed by atoms with Gasteiger partial charge in [0.1, 0.15) is 5.82 Å². The lowest BCUT2D eigenvalue weighted by Gasteiger charge is -2.36. The first kappa shape index (κ1) is 23.6. The predicted molar refractivity (Wildman–Crippen MR) is 135 cm³/mol. The molecule has 0 aliphatic heterocycles. The number of carbonyl (C=O) groups excluding carboxylic acids is 2. The molecule has 0 saturated heterocycles. The summed E-state index contributed by atoms with van der Waals surface area (Å²) in [6.07, 6.45) is 10.9. The predicted octanol–water partition coefficient (Wildman–Crippen LogP) is 4.17. The Morgan fingerprint density at radius 1 is 1.03 bits per heavy atom. The standard InChI is InChI=1S/C29H35FN4O2/c30-21-5-3-20(4-6-21)28(9-1-2-10-28)26(35)33-17-24(31)25-19-13-18-14-23(25)29(15-18,16-19)27(36)34-22-7-11-32-12-8-22/h3-8,11-12,18-19,23-25H,1-2,9-10,13-17,31H2,(H,33,35)(H,32,34,36). The monoisotopic (exact) mass is 490 g/mol.